The van der Waals surface area contributed by atoms with Crippen LogP contribution >= 0.6 is 11.6 Å². The Morgan fingerprint density at radius 2 is 1.90 bits per heavy atom. The molecule has 2 aromatic rings. The molecule has 2 aromatic heterocycles. The molecule has 0 saturated heterocycles. The molecule has 1 atom stereocenters. The Labute approximate surface area is 180 Å². The van der Waals surface area contributed by atoms with E-state index in [4.69, 9.17) is 11.6 Å². The Hall–Kier alpha value is -2.41. The van der Waals surface area contributed by atoms with Gasteiger partial charge < -0.3 is 5.32 Å². The molecule has 4 saturated carbocycles. The predicted molar refractivity (Wildman–Crippen MR) is 114 cm³/mol. The lowest BCUT2D eigenvalue weighted by atomic mass is 9.49. The number of hydrazone groups is 1. The summed E-state index contributed by atoms with van der Waals surface area (Å²) in [7, 11) is 0. The molecule has 158 valence electrons. The number of rotatable bonds is 5. The Balaban J connectivity index is 1.21. The SMILES string of the molecule is CC(NC(=O)C12CC3CC(CC(C3)C1)C2)C(=O)N/N=C/c1c(Cl)nc2ccccn12. The first-order chi connectivity index (χ1) is 14.4. The molecule has 0 radical (unpaired) electrons. The maximum atomic E-state index is 13.1. The minimum absolute atomic E-state index is 0.0399. The van der Waals surface area contributed by atoms with Gasteiger partial charge in [-0.1, -0.05) is 17.7 Å². The van der Waals surface area contributed by atoms with Crippen molar-refractivity contribution < 1.29 is 9.59 Å². The molecule has 4 fully saturated rings. The topological polar surface area (TPSA) is 87.9 Å². The first-order valence-electron chi connectivity index (χ1n) is 10.7. The van der Waals surface area contributed by atoms with Gasteiger partial charge in [0.2, 0.25) is 5.91 Å². The third-order valence-electron chi connectivity index (χ3n) is 7.14. The third kappa shape index (κ3) is 3.39. The number of hydrogen-bond donors (Lipinski definition) is 2. The van der Waals surface area contributed by atoms with Crippen LogP contribution in [0.15, 0.2) is 29.5 Å². The van der Waals surface area contributed by atoms with Crippen molar-refractivity contribution in [1.29, 1.82) is 0 Å². The third-order valence-corrected chi connectivity index (χ3v) is 7.42. The standard InChI is InChI=1S/C22H26ClN5O2/c1-13(25-21(30)22-9-14-6-15(10-22)8-16(7-14)11-22)20(29)27-24-12-17-19(23)26-18-4-2-3-5-28(17)18/h2-5,12-16H,6-11H2,1H3,(H,25,30)(H,27,29)/b24-12+. The maximum Gasteiger partial charge on any atom is 0.262 e. The predicted octanol–water partition coefficient (Wildman–Crippen LogP) is 3.16. The van der Waals surface area contributed by atoms with Crippen molar-refractivity contribution in [3.8, 4) is 0 Å². The van der Waals surface area contributed by atoms with Gasteiger partial charge in [-0.25, -0.2) is 10.4 Å². The Bertz CT molecular complexity index is 994. The van der Waals surface area contributed by atoms with Crippen molar-refractivity contribution in [2.45, 2.75) is 51.5 Å². The van der Waals surface area contributed by atoms with Gasteiger partial charge in [0.25, 0.3) is 5.91 Å². The van der Waals surface area contributed by atoms with Crippen molar-refractivity contribution in [3.05, 3.63) is 35.2 Å². The Morgan fingerprint density at radius 1 is 1.23 bits per heavy atom. The van der Waals surface area contributed by atoms with Crippen LogP contribution in [0.25, 0.3) is 5.65 Å². The summed E-state index contributed by atoms with van der Waals surface area (Å²) in [6.45, 7) is 1.70. The summed E-state index contributed by atoms with van der Waals surface area (Å²) in [6, 6.07) is 4.92. The summed E-state index contributed by atoms with van der Waals surface area (Å²) in [5.74, 6) is 1.75. The van der Waals surface area contributed by atoms with Gasteiger partial charge in [0.05, 0.1) is 6.21 Å². The molecule has 2 heterocycles. The largest absolute Gasteiger partial charge is 0.344 e. The van der Waals surface area contributed by atoms with E-state index in [0.29, 0.717) is 34.2 Å². The number of fused-ring (bicyclic) bond motifs is 1. The fraction of sp³-hybridized carbons (Fsp3) is 0.545. The fourth-order valence-corrected chi connectivity index (χ4v) is 6.39. The molecule has 1 unspecified atom stereocenters. The number of hydrogen-bond acceptors (Lipinski definition) is 4. The quantitative estimate of drug-likeness (QED) is 0.567. The van der Waals surface area contributed by atoms with Crippen LogP contribution in [-0.4, -0.2) is 33.5 Å². The smallest absolute Gasteiger partial charge is 0.262 e. The monoisotopic (exact) mass is 427 g/mol. The Morgan fingerprint density at radius 3 is 2.57 bits per heavy atom. The van der Waals surface area contributed by atoms with Crippen LogP contribution < -0.4 is 10.7 Å². The number of nitrogens with zero attached hydrogens (tertiary/aromatic N) is 3. The molecule has 6 rings (SSSR count). The second-order valence-corrected chi connectivity index (χ2v) is 9.70. The zero-order chi connectivity index (χ0) is 20.9. The molecule has 30 heavy (non-hydrogen) atoms. The first-order valence-corrected chi connectivity index (χ1v) is 11.1. The van der Waals surface area contributed by atoms with Gasteiger partial charge in [-0.15, -0.1) is 0 Å². The van der Waals surface area contributed by atoms with E-state index in [2.05, 4.69) is 20.8 Å². The molecule has 2 N–H and O–H groups in total. The summed E-state index contributed by atoms with van der Waals surface area (Å²) >= 11 is 6.17. The average Bonchev–Trinajstić information content (AvgIpc) is 3.02. The van der Waals surface area contributed by atoms with Crippen LogP contribution in [-0.2, 0) is 9.59 Å². The molecule has 4 aliphatic carbocycles. The number of amides is 2. The lowest BCUT2D eigenvalue weighted by Gasteiger charge is -2.55. The minimum Gasteiger partial charge on any atom is -0.344 e. The number of aromatic nitrogens is 2. The molecule has 4 bridgehead atoms. The number of carbonyl (C=O) groups excluding carboxylic acids is 2. The Kier molecular flexibility index (Phi) is 4.81. The summed E-state index contributed by atoms with van der Waals surface area (Å²) in [5.41, 5.74) is 3.52. The van der Waals surface area contributed by atoms with E-state index >= 15 is 0 Å². The highest BCUT2D eigenvalue weighted by Gasteiger charge is 2.54. The summed E-state index contributed by atoms with van der Waals surface area (Å²) in [6.07, 6.45) is 10.1. The molecule has 2 amide bonds. The molecule has 4 aliphatic rings. The summed E-state index contributed by atoms with van der Waals surface area (Å²) < 4.78 is 1.79. The zero-order valence-electron chi connectivity index (χ0n) is 17.0. The molecule has 0 spiro atoms. The van der Waals surface area contributed by atoms with Crippen LogP contribution in [0.1, 0.15) is 51.1 Å². The molecule has 0 aliphatic heterocycles. The molecule has 8 heteroatoms. The maximum absolute atomic E-state index is 13.1. The lowest BCUT2D eigenvalue weighted by Crippen LogP contribution is -2.56. The zero-order valence-corrected chi connectivity index (χ0v) is 17.7. The number of halogens is 1. The highest BCUT2D eigenvalue weighted by atomic mass is 35.5. The lowest BCUT2D eigenvalue weighted by molar-refractivity contribution is -0.148. The molecular weight excluding hydrogens is 402 g/mol. The second-order valence-electron chi connectivity index (χ2n) is 9.34. The average molecular weight is 428 g/mol. The van der Waals surface area contributed by atoms with Crippen LogP contribution in [0.2, 0.25) is 5.15 Å². The number of pyridine rings is 1. The van der Waals surface area contributed by atoms with Gasteiger partial charge in [0.1, 0.15) is 17.4 Å². The van der Waals surface area contributed by atoms with Crippen LogP contribution in [0.5, 0.6) is 0 Å². The van der Waals surface area contributed by atoms with Crippen LogP contribution in [0, 0.1) is 23.2 Å². The number of nitrogens with one attached hydrogen (secondary N) is 2. The summed E-state index contributed by atoms with van der Waals surface area (Å²) in [5, 5.41) is 7.28. The van der Waals surface area contributed by atoms with Crippen LogP contribution in [0.4, 0.5) is 0 Å². The van der Waals surface area contributed by atoms with Crippen molar-refractivity contribution >= 4 is 35.3 Å². The highest BCUT2D eigenvalue weighted by Crippen LogP contribution is 2.60. The van der Waals surface area contributed by atoms with Crippen molar-refractivity contribution in [2.24, 2.45) is 28.3 Å². The summed E-state index contributed by atoms with van der Waals surface area (Å²) in [4.78, 5) is 29.8. The van der Waals surface area contributed by atoms with E-state index in [1.54, 1.807) is 11.3 Å². The van der Waals surface area contributed by atoms with E-state index in [1.165, 1.54) is 25.5 Å². The second kappa shape index (κ2) is 7.38. The number of imidazole rings is 1. The van der Waals surface area contributed by atoms with Crippen molar-refractivity contribution in [3.63, 3.8) is 0 Å². The van der Waals surface area contributed by atoms with Gasteiger partial charge in [-0.05, 0) is 75.3 Å². The van der Waals surface area contributed by atoms with Gasteiger partial charge >= 0.3 is 0 Å². The van der Waals surface area contributed by atoms with E-state index in [-0.39, 0.29) is 17.2 Å². The van der Waals surface area contributed by atoms with Gasteiger partial charge in [0.15, 0.2) is 5.15 Å². The van der Waals surface area contributed by atoms with E-state index in [9.17, 15) is 9.59 Å². The van der Waals surface area contributed by atoms with E-state index in [0.717, 1.165) is 19.3 Å². The number of carbonyl (C=O) groups is 2. The van der Waals surface area contributed by atoms with Crippen LogP contribution in [0.3, 0.4) is 0 Å². The van der Waals surface area contributed by atoms with Crippen molar-refractivity contribution in [1.82, 2.24) is 20.1 Å². The van der Waals surface area contributed by atoms with E-state index in [1.807, 2.05) is 24.4 Å². The van der Waals surface area contributed by atoms with Gasteiger partial charge in [0, 0.05) is 11.6 Å². The first kappa shape index (κ1) is 19.5. The van der Waals surface area contributed by atoms with Crippen molar-refractivity contribution in [2.75, 3.05) is 0 Å². The van der Waals surface area contributed by atoms with E-state index < -0.39 is 6.04 Å². The molecular formula is C22H26ClN5O2. The highest BCUT2D eigenvalue weighted by molar-refractivity contribution is 6.32. The molecule has 7 nitrogen and oxygen atoms in total. The van der Waals surface area contributed by atoms with Gasteiger partial charge in [-0.3, -0.25) is 14.0 Å². The normalized spacial score (nSPS) is 30.7. The van der Waals surface area contributed by atoms with Gasteiger partial charge in [-0.2, -0.15) is 5.10 Å². The minimum atomic E-state index is -0.652. The fourth-order valence-electron chi connectivity index (χ4n) is 6.16. The molecule has 0 aromatic carbocycles.